The number of hydrogen-bond donors (Lipinski definition) is 3. The predicted octanol–water partition coefficient (Wildman–Crippen LogP) is 3.84. The number of nitrogens with two attached hydrogens (primary N) is 1. The Labute approximate surface area is 175 Å². The normalized spacial score (nSPS) is 20.1. The number of fused-ring (bicyclic) bond motifs is 2. The minimum absolute atomic E-state index is 0.267. The first-order chi connectivity index (χ1) is 13.6. The fourth-order valence-corrected chi connectivity index (χ4v) is 6.32. The molecule has 4 rings (SSSR count). The number of anilines is 1. The van der Waals surface area contributed by atoms with Gasteiger partial charge in [0.05, 0.1) is 11.3 Å². The zero-order chi connectivity index (χ0) is 21.0. The van der Waals surface area contributed by atoms with Crippen molar-refractivity contribution in [3.05, 3.63) is 39.5 Å². The fraction of sp³-hybridized carbons (Fsp3) is 0.500. The summed E-state index contributed by atoms with van der Waals surface area (Å²) >= 11 is 1.13. The second-order valence-electron chi connectivity index (χ2n) is 8.37. The average Bonchev–Trinajstić information content (AvgIpc) is 3.33. The van der Waals surface area contributed by atoms with Crippen molar-refractivity contribution in [2.75, 3.05) is 5.32 Å². The van der Waals surface area contributed by atoms with Crippen LogP contribution in [0.4, 0.5) is 10.5 Å². The van der Waals surface area contributed by atoms with Crippen molar-refractivity contribution in [2.24, 2.45) is 9.50 Å². The predicted molar refractivity (Wildman–Crippen MR) is 115 cm³/mol. The Balaban J connectivity index is 1.66. The van der Waals surface area contributed by atoms with Gasteiger partial charge in [0.2, 0.25) is 0 Å². The molecule has 0 saturated heterocycles. The number of aryl methyl sites for hydroxylation is 1. The third-order valence-electron chi connectivity index (χ3n) is 5.67. The number of nitrogens with one attached hydrogen (secondary N) is 1. The molecule has 0 aromatic carbocycles. The fourth-order valence-electron chi connectivity index (χ4n) is 4.04. The van der Waals surface area contributed by atoms with Gasteiger partial charge in [-0.25, -0.2) is 14.1 Å². The Morgan fingerprint density at radius 1 is 1.38 bits per heavy atom. The Morgan fingerprint density at radius 3 is 2.83 bits per heavy atom. The Morgan fingerprint density at radius 2 is 2.14 bits per heavy atom. The van der Waals surface area contributed by atoms with Gasteiger partial charge in [-0.05, 0) is 80.0 Å². The van der Waals surface area contributed by atoms with Crippen molar-refractivity contribution in [1.82, 2.24) is 4.98 Å². The molecule has 7 nitrogen and oxygen atoms in total. The Hall–Kier alpha value is -1.81. The minimum atomic E-state index is -3.40. The summed E-state index contributed by atoms with van der Waals surface area (Å²) in [4.78, 5) is 17.5. The van der Waals surface area contributed by atoms with Crippen molar-refractivity contribution in [2.45, 2.75) is 68.6 Å². The summed E-state index contributed by atoms with van der Waals surface area (Å²) in [6, 6.07) is 0.839. The molecule has 1 unspecified atom stereocenters. The van der Waals surface area contributed by atoms with E-state index in [2.05, 4.69) is 16.6 Å². The molecule has 0 radical (unpaired) electrons. The lowest BCUT2D eigenvalue weighted by Crippen LogP contribution is -2.19. The summed E-state index contributed by atoms with van der Waals surface area (Å²) in [7, 11) is -3.40. The molecule has 2 atom stereocenters. The van der Waals surface area contributed by atoms with Crippen LogP contribution in [0.5, 0.6) is 0 Å². The van der Waals surface area contributed by atoms with Gasteiger partial charge >= 0.3 is 6.03 Å². The molecule has 2 aliphatic carbocycles. The number of amides is 2. The van der Waals surface area contributed by atoms with Gasteiger partial charge < -0.3 is 10.4 Å². The molecule has 2 aliphatic rings. The lowest BCUT2D eigenvalue weighted by molar-refractivity contribution is 0.0789. The van der Waals surface area contributed by atoms with Crippen LogP contribution in [0, 0.1) is 0 Å². The van der Waals surface area contributed by atoms with Crippen molar-refractivity contribution < 1.29 is 14.1 Å². The summed E-state index contributed by atoms with van der Waals surface area (Å²) in [6.07, 6.45) is 4.68. The van der Waals surface area contributed by atoms with Crippen LogP contribution >= 0.6 is 11.3 Å². The molecule has 2 amide bonds. The maximum Gasteiger partial charge on any atom is 0.354 e. The van der Waals surface area contributed by atoms with Gasteiger partial charge in [0.25, 0.3) is 0 Å². The van der Waals surface area contributed by atoms with E-state index in [0.29, 0.717) is 11.5 Å². The minimum Gasteiger partial charge on any atom is -0.386 e. The van der Waals surface area contributed by atoms with Gasteiger partial charge in [0, 0.05) is 11.4 Å². The van der Waals surface area contributed by atoms with Crippen molar-refractivity contribution in [3.8, 4) is 0 Å². The standard InChI is InChI=1S/C20H26N4O3S2/c1-11-7-8-14-17(11)22-15-6-4-5-13(15)18(14)23-19(25)24-29(21,27)16-9-12(10-28-16)20(2,3)26/h9-11,26H,4-8H2,1-3H3,(H3,21,22,23,24,25,27)/t11?,29-/m0/s1. The number of carbonyl (C=O) groups is 1. The Kier molecular flexibility index (Phi) is 5.05. The van der Waals surface area contributed by atoms with Crippen LogP contribution in [0.3, 0.4) is 0 Å². The first-order valence-electron chi connectivity index (χ1n) is 9.78. The number of aromatic nitrogens is 1. The van der Waals surface area contributed by atoms with Gasteiger partial charge in [-0.2, -0.15) is 0 Å². The summed E-state index contributed by atoms with van der Waals surface area (Å²) in [5.41, 5.74) is 4.55. The molecule has 0 fully saturated rings. The molecule has 4 N–H and O–H groups in total. The van der Waals surface area contributed by atoms with Crippen LogP contribution in [0.25, 0.3) is 0 Å². The Bertz CT molecular complexity index is 1110. The maximum absolute atomic E-state index is 12.9. The molecule has 2 heterocycles. The first kappa shape index (κ1) is 20.5. The highest BCUT2D eigenvalue weighted by atomic mass is 32.2. The van der Waals surface area contributed by atoms with Gasteiger partial charge in [-0.3, -0.25) is 4.98 Å². The molecule has 0 saturated carbocycles. The number of aliphatic hydroxyl groups is 1. The molecule has 29 heavy (non-hydrogen) atoms. The molecular formula is C20H26N4O3S2. The molecule has 0 bridgehead atoms. The lowest BCUT2D eigenvalue weighted by Gasteiger charge is -2.15. The molecule has 156 valence electrons. The van der Waals surface area contributed by atoms with Crippen LogP contribution in [0.15, 0.2) is 20.0 Å². The summed E-state index contributed by atoms with van der Waals surface area (Å²) < 4.78 is 17.0. The summed E-state index contributed by atoms with van der Waals surface area (Å²) in [5.74, 6) is 0.369. The summed E-state index contributed by atoms with van der Waals surface area (Å²) in [6.45, 7) is 5.42. The highest BCUT2D eigenvalue weighted by molar-refractivity contribution is 7.93. The highest BCUT2D eigenvalue weighted by Gasteiger charge is 2.30. The first-order valence-corrected chi connectivity index (χ1v) is 12.2. The largest absolute Gasteiger partial charge is 0.386 e. The topological polar surface area (TPSA) is 118 Å². The van der Waals surface area contributed by atoms with E-state index in [1.54, 1.807) is 25.3 Å². The van der Waals surface area contributed by atoms with Crippen LogP contribution in [-0.4, -0.2) is 20.3 Å². The molecule has 0 aliphatic heterocycles. The van der Waals surface area contributed by atoms with E-state index in [-0.39, 0.29) is 4.21 Å². The van der Waals surface area contributed by atoms with E-state index in [1.807, 2.05) is 0 Å². The van der Waals surface area contributed by atoms with Gasteiger partial charge in [-0.15, -0.1) is 15.7 Å². The molecule has 9 heteroatoms. The maximum atomic E-state index is 12.9. The number of hydrogen-bond acceptors (Lipinski definition) is 5. The monoisotopic (exact) mass is 434 g/mol. The van der Waals surface area contributed by atoms with E-state index < -0.39 is 21.5 Å². The van der Waals surface area contributed by atoms with Crippen LogP contribution in [0.1, 0.15) is 67.6 Å². The molecule has 0 spiro atoms. The van der Waals surface area contributed by atoms with Crippen LogP contribution in [-0.2, 0) is 34.8 Å². The van der Waals surface area contributed by atoms with E-state index in [4.69, 9.17) is 10.1 Å². The van der Waals surface area contributed by atoms with E-state index in [9.17, 15) is 14.1 Å². The second kappa shape index (κ2) is 7.16. The van der Waals surface area contributed by atoms with Gasteiger partial charge in [0.15, 0.2) is 9.92 Å². The van der Waals surface area contributed by atoms with Crippen LogP contribution in [0.2, 0.25) is 0 Å². The van der Waals surface area contributed by atoms with Gasteiger partial charge in [0.1, 0.15) is 4.21 Å². The quantitative estimate of drug-likeness (QED) is 0.680. The third kappa shape index (κ3) is 3.84. The average molecular weight is 435 g/mol. The SMILES string of the molecule is CC1CCc2c1nc1c(c2NC(=O)N=[S@](N)(=O)c2cc(C(C)(C)O)cs2)CCC1. The number of pyridine rings is 1. The zero-order valence-electron chi connectivity index (χ0n) is 16.8. The smallest absolute Gasteiger partial charge is 0.354 e. The number of carbonyl (C=O) groups excluding carboxylic acids is 1. The number of rotatable bonds is 3. The van der Waals surface area contributed by atoms with E-state index in [0.717, 1.165) is 71.6 Å². The lowest BCUT2D eigenvalue weighted by atomic mass is 10.0. The number of thiophene rings is 1. The van der Waals surface area contributed by atoms with Gasteiger partial charge in [-0.1, -0.05) is 6.92 Å². The second-order valence-corrected chi connectivity index (χ2v) is 11.3. The number of nitrogens with zero attached hydrogens (tertiary/aromatic N) is 2. The van der Waals surface area contributed by atoms with Crippen molar-refractivity contribution in [3.63, 3.8) is 0 Å². The van der Waals surface area contributed by atoms with E-state index >= 15 is 0 Å². The third-order valence-corrected chi connectivity index (χ3v) is 8.53. The highest BCUT2D eigenvalue weighted by Crippen LogP contribution is 2.41. The molecule has 2 aromatic heterocycles. The van der Waals surface area contributed by atoms with Crippen molar-refractivity contribution in [1.29, 1.82) is 0 Å². The van der Waals surface area contributed by atoms with E-state index in [1.165, 1.54) is 0 Å². The zero-order valence-corrected chi connectivity index (χ0v) is 18.5. The molecule has 2 aromatic rings. The van der Waals surface area contributed by atoms with Crippen LogP contribution < -0.4 is 10.5 Å². The summed E-state index contributed by atoms with van der Waals surface area (Å²) in [5, 5.41) is 20.6. The molecular weight excluding hydrogens is 408 g/mol. The van der Waals surface area contributed by atoms with Crippen molar-refractivity contribution >= 4 is 33.0 Å². The number of urea groups is 1.